The number of amides is 1. The number of carbonyl (C=O) groups is 1. The number of aliphatic hydroxyl groups is 1. The zero-order valence-corrected chi connectivity index (χ0v) is 12.2. The maximum absolute atomic E-state index is 11.7. The van der Waals surface area contributed by atoms with E-state index in [-0.39, 0.29) is 18.9 Å². The van der Waals surface area contributed by atoms with Crippen LogP contribution >= 0.6 is 39.3 Å². The Labute approximate surface area is 122 Å². The van der Waals surface area contributed by atoms with Gasteiger partial charge in [-0.3, -0.25) is 4.79 Å². The summed E-state index contributed by atoms with van der Waals surface area (Å²) in [7, 11) is 0. The first-order valence-electron chi connectivity index (χ1n) is 5.06. The predicted octanol–water partition coefficient (Wildman–Crippen LogP) is 2.77. The molecule has 1 amide bonds. The van der Waals surface area contributed by atoms with Gasteiger partial charge >= 0.3 is 0 Å². The van der Waals surface area contributed by atoms with E-state index in [2.05, 4.69) is 15.9 Å². The second-order valence-corrected chi connectivity index (χ2v) is 5.88. The molecule has 1 aliphatic heterocycles. The number of halogens is 2. The highest BCUT2D eigenvalue weighted by Gasteiger charge is 2.30. The number of rotatable bonds is 2. The Kier molecular flexibility index (Phi) is 4.17. The molecule has 1 N–H and O–H groups in total. The van der Waals surface area contributed by atoms with Crippen LogP contribution in [0.25, 0.3) is 0 Å². The molecule has 1 heterocycles. The van der Waals surface area contributed by atoms with E-state index in [0.717, 1.165) is 11.8 Å². The molecule has 2 rings (SSSR count). The topological polar surface area (TPSA) is 64.3 Å². The molecule has 94 valence electrons. The lowest BCUT2D eigenvalue weighted by molar-refractivity contribution is -0.117. The molecule has 1 unspecified atom stereocenters. The minimum Gasteiger partial charge on any atom is -0.391 e. The number of thioether (sulfide) groups is 1. The zero-order chi connectivity index (χ0) is 13.3. The Bertz CT molecular complexity index is 547. The molecule has 1 saturated heterocycles. The van der Waals surface area contributed by atoms with E-state index in [1.54, 1.807) is 12.1 Å². The third kappa shape index (κ3) is 2.64. The van der Waals surface area contributed by atoms with Crippen molar-refractivity contribution in [3.63, 3.8) is 0 Å². The summed E-state index contributed by atoms with van der Waals surface area (Å²) in [5.74, 6) is -0.156. The summed E-state index contributed by atoms with van der Waals surface area (Å²) < 4.78 is 0.697. The molecule has 0 aliphatic carbocycles. The fourth-order valence-electron chi connectivity index (χ4n) is 1.77. The number of β-amino-alcohol motifs (C(OH)–C–C–N with tert-alkyl or cyclic N) is 1. The van der Waals surface area contributed by atoms with Crippen LogP contribution in [0.3, 0.4) is 0 Å². The Morgan fingerprint density at radius 1 is 1.61 bits per heavy atom. The van der Waals surface area contributed by atoms with Gasteiger partial charge in [-0.1, -0.05) is 11.6 Å². The van der Waals surface area contributed by atoms with Crippen molar-refractivity contribution >= 4 is 50.9 Å². The smallest absolute Gasteiger partial charge is 0.229 e. The van der Waals surface area contributed by atoms with Crippen LogP contribution < -0.4 is 4.90 Å². The number of benzene rings is 1. The van der Waals surface area contributed by atoms with Gasteiger partial charge in [0, 0.05) is 9.37 Å². The van der Waals surface area contributed by atoms with E-state index in [0.29, 0.717) is 20.1 Å². The molecule has 0 radical (unpaired) electrons. The lowest BCUT2D eigenvalue weighted by atomic mass is 10.3. The largest absolute Gasteiger partial charge is 0.391 e. The van der Waals surface area contributed by atoms with Crippen LogP contribution in [-0.4, -0.2) is 23.7 Å². The van der Waals surface area contributed by atoms with Crippen LogP contribution in [0.15, 0.2) is 21.5 Å². The van der Waals surface area contributed by atoms with Crippen molar-refractivity contribution in [2.45, 2.75) is 17.4 Å². The van der Waals surface area contributed by atoms with Crippen molar-refractivity contribution in [1.29, 1.82) is 5.26 Å². The molecule has 4 nitrogen and oxygen atoms in total. The van der Waals surface area contributed by atoms with Gasteiger partial charge in [0.2, 0.25) is 5.91 Å². The van der Waals surface area contributed by atoms with Crippen LogP contribution in [0.1, 0.15) is 6.42 Å². The average Bonchev–Trinajstić information content (AvgIpc) is 2.63. The Hall–Kier alpha value is -0.740. The molecule has 1 atom stereocenters. The highest BCUT2D eigenvalue weighted by atomic mass is 79.9. The molecule has 0 aromatic heterocycles. The van der Waals surface area contributed by atoms with E-state index in [9.17, 15) is 9.90 Å². The number of anilines is 1. The monoisotopic (exact) mass is 346 g/mol. The lowest BCUT2D eigenvalue weighted by Gasteiger charge is -2.18. The minimum absolute atomic E-state index is 0.114. The van der Waals surface area contributed by atoms with Gasteiger partial charge in [-0.05, 0) is 39.8 Å². The fourth-order valence-corrected chi connectivity index (χ4v) is 3.11. The van der Waals surface area contributed by atoms with Crippen LogP contribution in [0, 0.1) is 10.7 Å². The van der Waals surface area contributed by atoms with Gasteiger partial charge in [-0.25, -0.2) is 0 Å². The first-order valence-corrected chi connectivity index (χ1v) is 7.05. The Morgan fingerprint density at radius 2 is 2.33 bits per heavy atom. The second kappa shape index (κ2) is 5.49. The summed E-state index contributed by atoms with van der Waals surface area (Å²) in [6.45, 7) is 0.246. The van der Waals surface area contributed by atoms with Crippen molar-refractivity contribution in [2.24, 2.45) is 0 Å². The number of carbonyl (C=O) groups excluding carboxylic acids is 1. The maximum Gasteiger partial charge on any atom is 0.229 e. The number of hydrogen-bond acceptors (Lipinski definition) is 4. The molecule has 0 bridgehead atoms. The van der Waals surface area contributed by atoms with Crippen LogP contribution in [0.2, 0.25) is 5.02 Å². The number of thiocyanates is 1. The summed E-state index contributed by atoms with van der Waals surface area (Å²) in [6, 6.07) is 3.32. The maximum atomic E-state index is 11.7. The van der Waals surface area contributed by atoms with Crippen LogP contribution in [0.4, 0.5) is 5.69 Å². The first-order chi connectivity index (χ1) is 8.52. The van der Waals surface area contributed by atoms with Gasteiger partial charge in [0.1, 0.15) is 5.40 Å². The molecule has 1 aromatic carbocycles. The van der Waals surface area contributed by atoms with E-state index in [1.165, 1.54) is 4.90 Å². The highest BCUT2D eigenvalue weighted by Crippen LogP contribution is 2.38. The van der Waals surface area contributed by atoms with Crippen LogP contribution in [0.5, 0.6) is 0 Å². The van der Waals surface area contributed by atoms with Crippen molar-refractivity contribution in [3.05, 3.63) is 21.6 Å². The number of nitriles is 1. The van der Waals surface area contributed by atoms with Crippen molar-refractivity contribution < 1.29 is 9.90 Å². The normalized spacial score (nSPS) is 19.1. The van der Waals surface area contributed by atoms with Crippen LogP contribution in [-0.2, 0) is 4.79 Å². The van der Waals surface area contributed by atoms with Gasteiger partial charge in [-0.2, -0.15) is 5.26 Å². The molecule has 1 fully saturated rings. The molecule has 0 spiro atoms. The van der Waals surface area contributed by atoms with Crippen molar-refractivity contribution in [2.75, 3.05) is 11.4 Å². The molecular weight excluding hydrogens is 340 g/mol. The van der Waals surface area contributed by atoms with E-state index in [4.69, 9.17) is 16.9 Å². The first kappa shape index (κ1) is 13.7. The van der Waals surface area contributed by atoms with Gasteiger partial charge in [0.15, 0.2) is 0 Å². The average molecular weight is 348 g/mol. The summed E-state index contributed by atoms with van der Waals surface area (Å²) in [4.78, 5) is 13.8. The van der Waals surface area contributed by atoms with Gasteiger partial charge in [0.25, 0.3) is 0 Å². The Balaban J connectivity index is 2.38. The second-order valence-electron chi connectivity index (χ2n) is 3.79. The molecule has 1 aromatic rings. The summed E-state index contributed by atoms with van der Waals surface area (Å²) >= 11 is 10.4. The predicted molar refractivity (Wildman–Crippen MR) is 73.6 cm³/mol. The highest BCUT2D eigenvalue weighted by molar-refractivity contribution is 9.10. The molecule has 18 heavy (non-hydrogen) atoms. The van der Waals surface area contributed by atoms with E-state index < -0.39 is 6.10 Å². The van der Waals surface area contributed by atoms with Crippen molar-refractivity contribution in [3.8, 4) is 5.40 Å². The standard InChI is InChI=1S/C11H8BrClN2O2S/c12-7-2-9(8(13)3-10(7)18-5-14)15-4-6(16)1-11(15)17/h2-3,6,16H,1,4H2. The Morgan fingerprint density at radius 3 is 2.89 bits per heavy atom. The van der Waals surface area contributed by atoms with Gasteiger partial charge in [0.05, 0.1) is 29.8 Å². The van der Waals surface area contributed by atoms with E-state index in [1.807, 2.05) is 5.40 Å². The number of aliphatic hydroxyl groups excluding tert-OH is 1. The molecular formula is C11H8BrClN2O2S. The van der Waals surface area contributed by atoms with Gasteiger partial charge in [-0.15, -0.1) is 0 Å². The molecule has 1 aliphatic rings. The summed E-state index contributed by atoms with van der Waals surface area (Å²) in [5.41, 5.74) is 0.549. The SMILES string of the molecule is N#CSc1cc(Cl)c(N2CC(O)CC2=O)cc1Br. The molecule has 7 heteroatoms. The summed E-state index contributed by atoms with van der Waals surface area (Å²) in [5, 5.41) is 20.5. The summed E-state index contributed by atoms with van der Waals surface area (Å²) in [6.07, 6.45) is -0.539. The fraction of sp³-hybridized carbons (Fsp3) is 0.273. The zero-order valence-electron chi connectivity index (χ0n) is 9.06. The van der Waals surface area contributed by atoms with E-state index >= 15 is 0 Å². The number of hydrogen-bond donors (Lipinski definition) is 1. The third-order valence-electron chi connectivity index (χ3n) is 2.55. The lowest BCUT2D eigenvalue weighted by Crippen LogP contribution is -2.25. The third-order valence-corrected chi connectivity index (χ3v) is 4.42. The molecule has 0 saturated carbocycles. The van der Waals surface area contributed by atoms with Gasteiger partial charge < -0.3 is 10.0 Å². The minimum atomic E-state index is -0.652. The quantitative estimate of drug-likeness (QED) is 0.660. The number of nitrogens with zero attached hydrogens (tertiary/aromatic N) is 2. The van der Waals surface area contributed by atoms with Crippen molar-refractivity contribution in [1.82, 2.24) is 0 Å².